The average Bonchev–Trinajstić information content (AvgIpc) is 2.53. The second-order valence-corrected chi connectivity index (χ2v) is 6.41. The van der Waals surface area contributed by atoms with Gasteiger partial charge < -0.3 is 19.8 Å². The summed E-state index contributed by atoms with van der Waals surface area (Å²) < 4.78 is 5.83. The summed E-state index contributed by atoms with van der Waals surface area (Å²) >= 11 is 0. The van der Waals surface area contributed by atoms with E-state index in [-0.39, 0.29) is 15.0 Å². The Morgan fingerprint density at radius 3 is 2.41 bits per heavy atom. The number of rotatable bonds is 6. The van der Waals surface area contributed by atoms with Gasteiger partial charge in [0.05, 0.1) is 0 Å². The molecule has 119 valence electrons. The number of nitrogens with zero attached hydrogens (tertiary/aromatic N) is 1. The Kier molecular flexibility index (Phi) is 5.90. The van der Waals surface area contributed by atoms with Crippen LogP contribution in [-0.2, 0) is 6.42 Å². The van der Waals surface area contributed by atoms with E-state index in [1.165, 1.54) is 5.56 Å². The average molecular weight is 302 g/mol. The van der Waals surface area contributed by atoms with Crippen LogP contribution in [0, 0.1) is 5.92 Å². The Morgan fingerprint density at radius 1 is 1.18 bits per heavy atom. The Balaban J connectivity index is 0.00000176. The standard InChI is InChI=1S/C17H25NO3.B/c19-11-1-2-14-3-5-16(6-4-14)21-13-17(20)12-18-9-7-15(17)8-10-18;/h3-6,15,19-20H,1-2,7-13H2;. The molecule has 4 rings (SSSR count). The van der Waals surface area contributed by atoms with Gasteiger partial charge in [-0.3, -0.25) is 0 Å². The first kappa shape index (κ1) is 17.3. The fourth-order valence-electron chi connectivity index (χ4n) is 3.55. The molecular weight excluding hydrogens is 277 g/mol. The molecule has 0 spiro atoms. The van der Waals surface area contributed by atoms with E-state index in [4.69, 9.17) is 9.84 Å². The monoisotopic (exact) mass is 302 g/mol. The summed E-state index contributed by atoms with van der Waals surface area (Å²) in [5.74, 6) is 1.19. The molecule has 0 aromatic heterocycles. The van der Waals surface area contributed by atoms with Crippen molar-refractivity contribution in [3.63, 3.8) is 0 Å². The van der Waals surface area contributed by atoms with Crippen LogP contribution in [0.4, 0.5) is 0 Å². The van der Waals surface area contributed by atoms with Gasteiger partial charge in [-0.2, -0.15) is 0 Å². The van der Waals surface area contributed by atoms with Crippen LogP contribution in [0.5, 0.6) is 5.75 Å². The number of piperidine rings is 3. The molecule has 5 heteroatoms. The molecule has 1 unspecified atom stereocenters. The summed E-state index contributed by atoms with van der Waals surface area (Å²) in [7, 11) is 0. The van der Waals surface area contributed by atoms with Crippen LogP contribution in [0.25, 0.3) is 0 Å². The van der Waals surface area contributed by atoms with Crippen molar-refractivity contribution in [3.8, 4) is 5.75 Å². The highest BCUT2D eigenvalue weighted by atomic mass is 16.5. The van der Waals surface area contributed by atoms with Crippen LogP contribution in [0.2, 0.25) is 0 Å². The molecule has 2 bridgehead atoms. The van der Waals surface area contributed by atoms with Gasteiger partial charge in [-0.25, -0.2) is 0 Å². The van der Waals surface area contributed by atoms with E-state index in [1.807, 2.05) is 24.3 Å². The predicted molar refractivity (Wildman–Crippen MR) is 87.2 cm³/mol. The summed E-state index contributed by atoms with van der Waals surface area (Å²) in [5.41, 5.74) is 0.518. The third-order valence-corrected chi connectivity index (χ3v) is 4.88. The lowest BCUT2D eigenvalue weighted by molar-refractivity contribution is -0.131. The molecule has 0 amide bonds. The van der Waals surface area contributed by atoms with Gasteiger partial charge in [0.15, 0.2) is 0 Å². The molecule has 3 saturated heterocycles. The normalized spacial score (nSPS) is 29.9. The summed E-state index contributed by atoms with van der Waals surface area (Å²) in [6, 6.07) is 7.98. The van der Waals surface area contributed by atoms with Crippen molar-refractivity contribution in [2.75, 3.05) is 32.8 Å². The number of hydrogen-bond acceptors (Lipinski definition) is 4. The van der Waals surface area contributed by atoms with Gasteiger partial charge in [-0.1, -0.05) is 12.1 Å². The van der Waals surface area contributed by atoms with E-state index >= 15 is 0 Å². The van der Waals surface area contributed by atoms with Gasteiger partial charge in [0.1, 0.15) is 18.0 Å². The number of aliphatic hydroxyl groups excluding tert-OH is 1. The van der Waals surface area contributed by atoms with E-state index in [2.05, 4.69) is 4.90 Å². The highest BCUT2D eigenvalue weighted by Gasteiger charge is 2.45. The number of aliphatic hydroxyl groups is 2. The van der Waals surface area contributed by atoms with Gasteiger partial charge in [0.2, 0.25) is 0 Å². The van der Waals surface area contributed by atoms with E-state index in [0.29, 0.717) is 12.5 Å². The Bertz CT molecular complexity index is 459. The number of ether oxygens (including phenoxy) is 1. The van der Waals surface area contributed by atoms with Crippen molar-refractivity contribution in [1.82, 2.24) is 4.90 Å². The lowest BCUT2D eigenvalue weighted by Crippen LogP contribution is -2.61. The molecule has 3 radical (unpaired) electrons. The maximum Gasteiger partial charge on any atom is 0.119 e. The number of fused-ring (bicyclic) bond motifs is 3. The minimum Gasteiger partial charge on any atom is -0.491 e. The van der Waals surface area contributed by atoms with Crippen molar-refractivity contribution in [2.45, 2.75) is 31.3 Å². The number of benzene rings is 1. The Morgan fingerprint density at radius 2 is 1.86 bits per heavy atom. The lowest BCUT2D eigenvalue weighted by Gasteiger charge is -2.50. The second-order valence-electron chi connectivity index (χ2n) is 6.41. The van der Waals surface area contributed by atoms with E-state index in [0.717, 1.165) is 51.1 Å². The molecule has 2 N–H and O–H groups in total. The fourth-order valence-corrected chi connectivity index (χ4v) is 3.55. The van der Waals surface area contributed by atoms with Crippen LogP contribution in [0.3, 0.4) is 0 Å². The zero-order valence-electron chi connectivity index (χ0n) is 13.1. The van der Waals surface area contributed by atoms with Crippen molar-refractivity contribution in [2.24, 2.45) is 5.92 Å². The maximum absolute atomic E-state index is 10.8. The first-order valence-corrected chi connectivity index (χ1v) is 7.97. The van der Waals surface area contributed by atoms with E-state index in [9.17, 15) is 5.11 Å². The highest BCUT2D eigenvalue weighted by Crippen LogP contribution is 2.36. The predicted octanol–water partition coefficient (Wildman–Crippen LogP) is 1.07. The number of aryl methyl sites for hydroxylation is 1. The Labute approximate surface area is 134 Å². The van der Waals surface area contributed by atoms with Gasteiger partial charge in [-0.15, -0.1) is 0 Å². The quantitative estimate of drug-likeness (QED) is 0.772. The van der Waals surface area contributed by atoms with Crippen molar-refractivity contribution in [3.05, 3.63) is 29.8 Å². The molecule has 4 nitrogen and oxygen atoms in total. The molecular formula is C17H25BNO3. The van der Waals surface area contributed by atoms with Gasteiger partial charge >= 0.3 is 0 Å². The molecule has 0 aliphatic carbocycles. The zero-order chi connectivity index (χ0) is 14.7. The fraction of sp³-hybridized carbons (Fsp3) is 0.647. The van der Waals surface area contributed by atoms with Crippen LogP contribution in [-0.4, -0.2) is 62.0 Å². The molecule has 3 aliphatic heterocycles. The third-order valence-electron chi connectivity index (χ3n) is 4.88. The van der Waals surface area contributed by atoms with Crippen molar-refractivity contribution < 1.29 is 14.9 Å². The van der Waals surface area contributed by atoms with E-state index < -0.39 is 5.60 Å². The lowest BCUT2D eigenvalue weighted by atomic mass is 9.76. The molecule has 1 aromatic carbocycles. The first-order valence-electron chi connectivity index (χ1n) is 7.97. The van der Waals surface area contributed by atoms with Crippen LogP contribution < -0.4 is 4.74 Å². The summed E-state index contributed by atoms with van der Waals surface area (Å²) in [4.78, 5) is 2.33. The third kappa shape index (κ3) is 3.83. The molecule has 3 heterocycles. The van der Waals surface area contributed by atoms with Crippen LogP contribution in [0.15, 0.2) is 24.3 Å². The number of hydrogen-bond donors (Lipinski definition) is 2. The molecule has 0 saturated carbocycles. The van der Waals surface area contributed by atoms with Gasteiger partial charge in [-0.05, 0) is 62.4 Å². The second kappa shape index (κ2) is 7.49. The Hall–Kier alpha value is -1.04. The van der Waals surface area contributed by atoms with Gasteiger partial charge in [0, 0.05) is 21.6 Å². The largest absolute Gasteiger partial charge is 0.491 e. The maximum atomic E-state index is 10.8. The molecule has 3 fully saturated rings. The van der Waals surface area contributed by atoms with E-state index in [1.54, 1.807) is 0 Å². The molecule has 1 aromatic rings. The first-order chi connectivity index (χ1) is 10.2. The minimum atomic E-state index is -0.688. The topological polar surface area (TPSA) is 52.9 Å². The van der Waals surface area contributed by atoms with Crippen LogP contribution in [0.1, 0.15) is 24.8 Å². The smallest absolute Gasteiger partial charge is 0.119 e. The SMILES string of the molecule is OCCCc1ccc(OCC2(O)CN3CCC2CC3)cc1.[B]. The zero-order valence-corrected chi connectivity index (χ0v) is 13.1. The molecule has 1 atom stereocenters. The van der Waals surface area contributed by atoms with Crippen molar-refractivity contribution in [1.29, 1.82) is 0 Å². The summed E-state index contributed by atoms with van der Waals surface area (Å²) in [6.07, 6.45) is 3.84. The summed E-state index contributed by atoms with van der Waals surface area (Å²) in [6.45, 7) is 3.58. The highest BCUT2D eigenvalue weighted by molar-refractivity contribution is 5.75. The van der Waals surface area contributed by atoms with Gasteiger partial charge in [0.25, 0.3) is 0 Å². The molecule has 3 aliphatic rings. The van der Waals surface area contributed by atoms with Crippen LogP contribution >= 0.6 is 0 Å². The van der Waals surface area contributed by atoms with Crippen molar-refractivity contribution >= 4 is 8.41 Å². The molecule has 22 heavy (non-hydrogen) atoms. The summed E-state index contributed by atoms with van der Waals surface area (Å²) in [5, 5.41) is 19.6. The minimum absolute atomic E-state index is 0.